The number of halogens is 1. The lowest BCUT2D eigenvalue weighted by atomic mass is 9.79. The Morgan fingerprint density at radius 1 is 1.39 bits per heavy atom. The van der Waals surface area contributed by atoms with Crippen molar-refractivity contribution in [2.24, 2.45) is 5.41 Å². The second kappa shape index (κ2) is 8.81. The number of nitrogens with one attached hydrogen (secondary N) is 2. The molecule has 0 atom stereocenters. The van der Waals surface area contributed by atoms with E-state index in [4.69, 9.17) is 4.74 Å². The van der Waals surface area contributed by atoms with E-state index in [2.05, 4.69) is 45.6 Å². The molecule has 128 valence electrons. The SMILES string of the molecule is COCC1(CNC(=O)CCc2ccc(Br)c(C)c2)CCNCC1. The van der Waals surface area contributed by atoms with E-state index in [1.54, 1.807) is 7.11 Å². The molecule has 2 N–H and O–H groups in total. The molecule has 1 aromatic carbocycles. The normalized spacial score (nSPS) is 17.0. The summed E-state index contributed by atoms with van der Waals surface area (Å²) in [6.45, 7) is 5.48. The van der Waals surface area contributed by atoms with Gasteiger partial charge >= 0.3 is 0 Å². The van der Waals surface area contributed by atoms with Crippen molar-refractivity contribution in [2.45, 2.75) is 32.6 Å². The van der Waals surface area contributed by atoms with Crippen LogP contribution in [-0.4, -0.2) is 39.3 Å². The van der Waals surface area contributed by atoms with Gasteiger partial charge in [0.2, 0.25) is 5.91 Å². The van der Waals surface area contributed by atoms with E-state index in [0.717, 1.165) is 36.8 Å². The van der Waals surface area contributed by atoms with Gasteiger partial charge in [0.1, 0.15) is 0 Å². The molecule has 1 aliphatic heterocycles. The summed E-state index contributed by atoms with van der Waals surface area (Å²) in [5.41, 5.74) is 2.50. The monoisotopic (exact) mass is 382 g/mol. The van der Waals surface area contributed by atoms with E-state index >= 15 is 0 Å². The van der Waals surface area contributed by atoms with Gasteiger partial charge in [-0.25, -0.2) is 0 Å². The Bertz CT molecular complexity index is 522. The highest BCUT2D eigenvalue weighted by atomic mass is 79.9. The molecule has 23 heavy (non-hydrogen) atoms. The van der Waals surface area contributed by atoms with E-state index in [1.807, 2.05) is 6.07 Å². The Morgan fingerprint density at radius 2 is 2.13 bits per heavy atom. The number of hydrogen-bond acceptors (Lipinski definition) is 3. The molecule has 1 aliphatic rings. The van der Waals surface area contributed by atoms with Crippen LogP contribution in [0.25, 0.3) is 0 Å². The topological polar surface area (TPSA) is 50.4 Å². The van der Waals surface area contributed by atoms with Crippen LogP contribution in [0.3, 0.4) is 0 Å². The highest BCUT2D eigenvalue weighted by molar-refractivity contribution is 9.10. The highest BCUT2D eigenvalue weighted by Crippen LogP contribution is 2.28. The van der Waals surface area contributed by atoms with E-state index in [0.29, 0.717) is 19.6 Å². The summed E-state index contributed by atoms with van der Waals surface area (Å²) in [6.07, 6.45) is 3.40. The summed E-state index contributed by atoms with van der Waals surface area (Å²) < 4.78 is 6.50. The lowest BCUT2D eigenvalue weighted by Gasteiger charge is -2.37. The second-order valence-corrected chi connectivity index (χ2v) is 7.40. The zero-order valence-electron chi connectivity index (χ0n) is 14.1. The maximum Gasteiger partial charge on any atom is 0.220 e. The summed E-state index contributed by atoms with van der Waals surface area (Å²) in [5, 5.41) is 6.49. The third-order valence-electron chi connectivity index (χ3n) is 4.64. The highest BCUT2D eigenvalue weighted by Gasteiger charge is 2.32. The van der Waals surface area contributed by atoms with E-state index < -0.39 is 0 Å². The van der Waals surface area contributed by atoms with Crippen LogP contribution in [0.4, 0.5) is 0 Å². The Kier molecular flexibility index (Phi) is 7.06. The fourth-order valence-corrected chi connectivity index (χ4v) is 3.38. The largest absolute Gasteiger partial charge is 0.384 e. The summed E-state index contributed by atoms with van der Waals surface area (Å²) in [5.74, 6) is 0.125. The molecule has 5 heteroatoms. The van der Waals surface area contributed by atoms with E-state index in [1.165, 1.54) is 11.1 Å². The van der Waals surface area contributed by atoms with Gasteiger partial charge in [-0.2, -0.15) is 0 Å². The summed E-state index contributed by atoms with van der Waals surface area (Å²) in [7, 11) is 1.74. The average molecular weight is 383 g/mol. The fraction of sp³-hybridized carbons (Fsp3) is 0.611. The number of amides is 1. The van der Waals surface area contributed by atoms with Crippen LogP contribution in [0.1, 0.15) is 30.4 Å². The molecule has 0 spiro atoms. The number of carbonyl (C=O) groups is 1. The molecule has 0 bridgehead atoms. The van der Waals surface area contributed by atoms with Crippen LogP contribution >= 0.6 is 15.9 Å². The number of methoxy groups -OCH3 is 1. The minimum atomic E-state index is 0.0872. The van der Waals surface area contributed by atoms with Gasteiger partial charge in [0, 0.05) is 30.0 Å². The first-order chi connectivity index (χ1) is 11.0. The lowest BCUT2D eigenvalue weighted by Crippen LogP contribution is -2.47. The first-order valence-corrected chi connectivity index (χ1v) is 9.05. The Balaban J connectivity index is 1.80. The third-order valence-corrected chi connectivity index (χ3v) is 5.53. The minimum absolute atomic E-state index is 0.0872. The zero-order chi connectivity index (χ0) is 16.7. The number of rotatable bonds is 7. The molecule has 4 nitrogen and oxygen atoms in total. The van der Waals surface area contributed by atoms with Crippen LogP contribution in [-0.2, 0) is 16.0 Å². The molecular formula is C18H27BrN2O2. The number of ether oxygens (including phenoxy) is 1. The van der Waals surface area contributed by atoms with E-state index in [-0.39, 0.29) is 11.3 Å². The van der Waals surface area contributed by atoms with Gasteiger partial charge in [-0.3, -0.25) is 4.79 Å². The zero-order valence-corrected chi connectivity index (χ0v) is 15.7. The van der Waals surface area contributed by atoms with Crippen molar-refractivity contribution in [2.75, 3.05) is 33.4 Å². The number of hydrogen-bond donors (Lipinski definition) is 2. The van der Waals surface area contributed by atoms with Crippen molar-refractivity contribution in [3.63, 3.8) is 0 Å². The van der Waals surface area contributed by atoms with Gasteiger partial charge in [-0.05, 0) is 56.5 Å². The quantitative estimate of drug-likeness (QED) is 0.762. The van der Waals surface area contributed by atoms with Crippen molar-refractivity contribution in [1.82, 2.24) is 10.6 Å². The number of aryl methyl sites for hydroxylation is 2. The number of carbonyl (C=O) groups excluding carboxylic acids is 1. The maximum absolute atomic E-state index is 12.2. The van der Waals surface area contributed by atoms with E-state index in [9.17, 15) is 4.79 Å². The standard InChI is InChI=1S/C18H27BrN2O2/c1-14-11-15(3-5-16(14)19)4-6-17(22)21-12-18(13-23-2)7-9-20-10-8-18/h3,5,11,20H,4,6-10,12-13H2,1-2H3,(H,21,22). The predicted molar refractivity (Wildman–Crippen MR) is 96.6 cm³/mol. The molecule has 1 fully saturated rings. The van der Waals surface area contributed by atoms with Gasteiger partial charge in [0.25, 0.3) is 0 Å². The van der Waals surface area contributed by atoms with Crippen LogP contribution in [0.5, 0.6) is 0 Å². The first kappa shape index (κ1) is 18.4. The molecular weight excluding hydrogens is 356 g/mol. The molecule has 1 amide bonds. The predicted octanol–water partition coefficient (Wildman–Crippen LogP) is 2.82. The van der Waals surface area contributed by atoms with Crippen molar-refractivity contribution >= 4 is 21.8 Å². The molecule has 0 radical (unpaired) electrons. The van der Waals surface area contributed by atoms with Crippen LogP contribution in [0.2, 0.25) is 0 Å². The van der Waals surface area contributed by atoms with Crippen LogP contribution in [0, 0.1) is 12.3 Å². The van der Waals surface area contributed by atoms with Crippen molar-refractivity contribution in [3.8, 4) is 0 Å². The number of piperidine rings is 1. The second-order valence-electron chi connectivity index (χ2n) is 6.54. The maximum atomic E-state index is 12.2. The molecule has 1 saturated heterocycles. The van der Waals surface area contributed by atoms with Gasteiger partial charge < -0.3 is 15.4 Å². The Hall–Kier alpha value is -0.910. The van der Waals surface area contributed by atoms with Gasteiger partial charge in [-0.1, -0.05) is 28.1 Å². The molecule has 1 heterocycles. The summed E-state index contributed by atoms with van der Waals surface area (Å²) in [4.78, 5) is 12.2. The first-order valence-electron chi connectivity index (χ1n) is 8.26. The molecule has 2 rings (SSSR count). The van der Waals surface area contributed by atoms with Crippen molar-refractivity contribution in [1.29, 1.82) is 0 Å². The number of benzene rings is 1. The fourth-order valence-electron chi connectivity index (χ4n) is 3.13. The average Bonchev–Trinajstić information content (AvgIpc) is 2.55. The van der Waals surface area contributed by atoms with Gasteiger partial charge in [0.05, 0.1) is 6.61 Å². The smallest absolute Gasteiger partial charge is 0.220 e. The molecule has 0 aromatic heterocycles. The Labute approximate surface area is 147 Å². The van der Waals surface area contributed by atoms with Crippen molar-refractivity contribution < 1.29 is 9.53 Å². The van der Waals surface area contributed by atoms with Crippen LogP contribution < -0.4 is 10.6 Å². The van der Waals surface area contributed by atoms with Crippen molar-refractivity contribution in [3.05, 3.63) is 33.8 Å². The molecule has 0 aliphatic carbocycles. The lowest BCUT2D eigenvalue weighted by molar-refractivity contribution is -0.122. The van der Waals surface area contributed by atoms with Gasteiger partial charge in [-0.15, -0.1) is 0 Å². The third kappa shape index (κ3) is 5.59. The summed E-state index contributed by atoms with van der Waals surface area (Å²) in [6, 6.07) is 6.26. The summed E-state index contributed by atoms with van der Waals surface area (Å²) >= 11 is 3.50. The molecule has 0 unspecified atom stereocenters. The Morgan fingerprint density at radius 3 is 2.78 bits per heavy atom. The van der Waals surface area contributed by atoms with Gasteiger partial charge in [0.15, 0.2) is 0 Å². The minimum Gasteiger partial charge on any atom is -0.384 e. The molecule has 0 saturated carbocycles. The molecule has 1 aromatic rings. The van der Waals surface area contributed by atoms with Crippen LogP contribution in [0.15, 0.2) is 22.7 Å².